The fraction of sp³-hybridized carbons (Fsp3) is 0. The number of para-hydroxylation sites is 2. The molecule has 0 saturated carbocycles. The number of hydrogen-bond donors (Lipinski definition) is 0. The van der Waals surface area contributed by atoms with Crippen LogP contribution in [0.25, 0.3) is 89.0 Å². The van der Waals surface area contributed by atoms with E-state index in [2.05, 4.69) is 133 Å². The van der Waals surface area contributed by atoms with E-state index in [1.807, 2.05) is 48.8 Å². The Morgan fingerprint density at radius 1 is 0.286 bits per heavy atom. The van der Waals surface area contributed by atoms with E-state index in [9.17, 15) is 0 Å². The van der Waals surface area contributed by atoms with Crippen LogP contribution in [0, 0.1) is 0 Å². The van der Waals surface area contributed by atoms with Gasteiger partial charge in [0.05, 0.1) is 11.4 Å². The van der Waals surface area contributed by atoms with Crippen LogP contribution in [0.3, 0.4) is 0 Å². The van der Waals surface area contributed by atoms with Gasteiger partial charge in [0.1, 0.15) is 11.2 Å². The molecule has 0 N–H and O–H groups in total. The number of nitrogens with zero attached hydrogens (tertiary/aromatic N) is 2. The van der Waals surface area contributed by atoms with Crippen molar-refractivity contribution < 1.29 is 4.42 Å². The Morgan fingerprint density at radius 2 is 0.673 bits per heavy atom. The number of pyridine rings is 2. The second-order valence-electron chi connectivity index (χ2n) is 12.2. The van der Waals surface area contributed by atoms with Gasteiger partial charge in [-0.05, 0) is 34.4 Å². The first kappa shape index (κ1) is 28.6. The van der Waals surface area contributed by atoms with Crippen molar-refractivity contribution in [1.82, 2.24) is 9.97 Å². The summed E-state index contributed by atoms with van der Waals surface area (Å²) in [6.45, 7) is 0. The summed E-state index contributed by atoms with van der Waals surface area (Å²) in [5.41, 5.74) is 14.5. The van der Waals surface area contributed by atoms with E-state index in [0.29, 0.717) is 0 Å². The molecular weight excluding hydrogens is 597 g/mol. The highest BCUT2D eigenvalue weighted by atomic mass is 16.3. The van der Waals surface area contributed by atoms with Gasteiger partial charge in [-0.15, -0.1) is 0 Å². The largest absolute Gasteiger partial charge is 0.455 e. The summed E-state index contributed by atoms with van der Waals surface area (Å²) in [6.07, 6.45) is 3.94. The molecule has 0 aliphatic rings. The Morgan fingerprint density at radius 3 is 1.08 bits per heavy atom. The monoisotopic (exact) mass is 626 g/mol. The Balaban J connectivity index is 1.15. The number of benzene rings is 6. The van der Waals surface area contributed by atoms with Crippen molar-refractivity contribution in [3.63, 3.8) is 0 Å². The third-order valence-corrected chi connectivity index (χ3v) is 9.25. The van der Waals surface area contributed by atoms with Gasteiger partial charge in [-0.3, -0.25) is 9.97 Å². The Hall–Kier alpha value is -6.58. The lowest BCUT2D eigenvalue weighted by Gasteiger charge is -2.11. The van der Waals surface area contributed by atoms with Gasteiger partial charge in [-0.1, -0.05) is 158 Å². The Kier molecular flexibility index (Phi) is 7.14. The van der Waals surface area contributed by atoms with E-state index in [1.54, 1.807) is 0 Å². The Labute approximate surface area is 284 Å². The summed E-state index contributed by atoms with van der Waals surface area (Å²) in [4.78, 5) is 9.66. The topological polar surface area (TPSA) is 38.9 Å². The van der Waals surface area contributed by atoms with E-state index >= 15 is 0 Å². The molecule has 9 rings (SSSR count). The molecular formula is C46H30N2O. The van der Waals surface area contributed by atoms with Crippen LogP contribution < -0.4 is 0 Å². The first-order valence-corrected chi connectivity index (χ1v) is 16.5. The highest BCUT2D eigenvalue weighted by molar-refractivity contribution is 6.14. The van der Waals surface area contributed by atoms with E-state index in [-0.39, 0.29) is 0 Å². The molecule has 230 valence electrons. The number of furan rings is 1. The lowest BCUT2D eigenvalue weighted by atomic mass is 9.93. The SMILES string of the molecule is c1ccc(-c2ccc(-c3ccccc3-c3cccc4c3oc3c(-c5ccccc5-c5ccc(-c6ccccc6)nc5)cccc34)cn2)cc1. The van der Waals surface area contributed by atoms with Crippen LogP contribution in [-0.4, -0.2) is 9.97 Å². The molecule has 3 aromatic heterocycles. The zero-order valence-corrected chi connectivity index (χ0v) is 26.6. The summed E-state index contributed by atoms with van der Waals surface area (Å²) in [7, 11) is 0. The second-order valence-corrected chi connectivity index (χ2v) is 12.2. The van der Waals surface area contributed by atoms with Crippen LogP contribution >= 0.6 is 0 Å². The third-order valence-electron chi connectivity index (χ3n) is 9.25. The molecule has 3 nitrogen and oxygen atoms in total. The van der Waals surface area contributed by atoms with Crippen LogP contribution in [0.2, 0.25) is 0 Å². The van der Waals surface area contributed by atoms with Crippen molar-refractivity contribution in [1.29, 1.82) is 0 Å². The maximum Gasteiger partial charge on any atom is 0.143 e. The van der Waals surface area contributed by atoms with Gasteiger partial charge in [0, 0.05) is 56.5 Å². The zero-order valence-electron chi connectivity index (χ0n) is 26.6. The molecule has 0 atom stereocenters. The molecule has 0 bridgehead atoms. The standard InChI is InChI=1S/C46H30N2O/c1-3-13-31(14-4-1)43-27-25-33(29-47-43)35-17-7-9-19-37(35)39-21-11-23-41-42-24-12-22-40(46(42)49-45(39)41)38-20-10-8-18-36(38)34-26-28-44(48-30-34)32-15-5-2-6-16-32/h1-30H. The van der Waals surface area contributed by atoms with Gasteiger partial charge in [-0.25, -0.2) is 0 Å². The summed E-state index contributed by atoms with van der Waals surface area (Å²) in [6, 6.07) is 58.9. The lowest BCUT2D eigenvalue weighted by molar-refractivity contribution is 0.671. The molecule has 0 fully saturated rings. The van der Waals surface area contributed by atoms with E-state index < -0.39 is 0 Å². The first-order chi connectivity index (χ1) is 24.3. The molecule has 0 spiro atoms. The fourth-order valence-electron chi connectivity index (χ4n) is 6.85. The van der Waals surface area contributed by atoms with Crippen LogP contribution in [0.15, 0.2) is 187 Å². The van der Waals surface area contributed by atoms with Crippen LogP contribution in [0.5, 0.6) is 0 Å². The molecule has 0 aliphatic heterocycles. The van der Waals surface area contributed by atoms with Crippen molar-refractivity contribution in [2.75, 3.05) is 0 Å². The van der Waals surface area contributed by atoms with Crippen molar-refractivity contribution in [2.24, 2.45) is 0 Å². The molecule has 0 aliphatic carbocycles. The molecule has 0 saturated heterocycles. The van der Waals surface area contributed by atoms with Crippen molar-refractivity contribution in [3.8, 4) is 67.0 Å². The molecule has 6 aromatic carbocycles. The maximum absolute atomic E-state index is 6.93. The van der Waals surface area contributed by atoms with Gasteiger partial charge in [0.15, 0.2) is 0 Å². The summed E-state index contributed by atoms with van der Waals surface area (Å²) < 4.78 is 6.93. The normalized spacial score (nSPS) is 11.3. The first-order valence-electron chi connectivity index (χ1n) is 16.5. The lowest BCUT2D eigenvalue weighted by Crippen LogP contribution is -1.88. The molecule has 0 amide bonds. The quantitative estimate of drug-likeness (QED) is 0.184. The number of aromatic nitrogens is 2. The summed E-state index contributed by atoms with van der Waals surface area (Å²) in [5, 5.41) is 2.18. The van der Waals surface area contributed by atoms with Gasteiger partial charge < -0.3 is 4.42 Å². The molecule has 3 heteroatoms. The van der Waals surface area contributed by atoms with Crippen molar-refractivity contribution in [2.45, 2.75) is 0 Å². The predicted molar refractivity (Wildman–Crippen MR) is 202 cm³/mol. The summed E-state index contributed by atoms with van der Waals surface area (Å²) in [5.74, 6) is 0. The minimum atomic E-state index is 0.873. The van der Waals surface area contributed by atoms with E-state index in [0.717, 1.165) is 89.0 Å². The minimum Gasteiger partial charge on any atom is -0.455 e. The fourth-order valence-corrected chi connectivity index (χ4v) is 6.85. The second kappa shape index (κ2) is 12.2. The Bertz CT molecular complexity index is 2390. The van der Waals surface area contributed by atoms with Gasteiger partial charge in [0.25, 0.3) is 0 Å². The van der Waals surface area contributed by atoms with E-state index in [4.69, 9.17) is 14.4 Å². The van der Waals surface area contributed by atoms with Gasteiger partial charge in [-0.2, -0.15) is 0 Å². The van der Waals surface area contributed by atoms with Crippen molar-refractivity contribution >= 4 is 21.9 Å². The van der Waals surface area contributed by atoms with Gasteiger partial charge in [0.2, 0.25) is 0 Å². The van der Waals surface area contributed by atoms with Gasteiger partial charge >= 0.3 is 0 Å². The third kappa shape index (κ3) is 5.18. The van der Waals surface area contributed by atoms with Crippen LogP contribution in [0.1, 0.15) is 0 Å². The molecule has 9 aromatic rings. The highest BCUT2D eigenvalue weighted by Crippen LogP contribution is 2.44. The smallest absolute Gasteiger partial charge is 0.143 e. The average Bonchev–Trinajstić information content (AvgIpc) is 3.58. The molecule has 0 radical (unpaired) electrons. The number of hydrogen-bond acceptors (Lipinski definition) is 3. The van der Waals surface area contributed by atoms with E-state index in [1.165, 1.54) is 0 Å². The predicted octanol–water partition coefficient (Wildman–Crippen LogP) is 12.4. The van der Waals surface area contributed by atoms with Crippen molar-refractivity contribution in [3.05, 3.63) is 182 Å². The van der Waals surface area contributed by atoms with Crippen LogP contribution in [0.4, 0.5) is 0 Å². The number of fused-ring (bicyclic) bond motifs is 3. The maximum atomic E-state index is 6.93. The number of rotatable bonds is 6. The zero-order chi connectivity index (χ0) is 32.6. The molecule has 49 heavy (non-hydrogen) atoms. The molecule has 3 heterocycles. The van der Waals surface area contributed by atoms with Crippen LogP contribution in [-0.2, 0) is 0 Å². The average molecular weight is 627 g/mol. The summed E-state index contributed by atoms with van der Waals surface area (Å²) >= 11 is 0. The minimum absolute atomic E-state index is 0.873. The molecule has 0 unspecified atom stereocenters. The highest BCUT2D eigenvalue weighted by Gasteiger charge is 2.19.